The van der Waals surface area contributed by atoms with Crippen molar-refractivity contribution in [3.05, 3.63) is 183 Å². The van der Waals surface area contributed by atoms with Crippen LogP contribution in [0.1, 0.15) is 110 Å². The number of aromatic nitrogens is 1. The maximum atomic E-state index is 14.4. The van der Waals surface area contributed by atoms with Crippen LogP contribution in [0, 0.1) is 42.4 Å². The first kappa shape index (κ1) is 53.3. The minimum atomic E-state index is -0.241. The zero-order valence-electron chi connectivity index (χ0n) is 46.4. The van der Waals surface area contributed by atoms with E-state index < -0.39 is 0 Å². The molecule has 7 aromatic rings. The fourth-order valence-corrected chi connectivity index (χ4v) is 12.4. The molecule has 3 amide bonds. The van der Waals surface area contributed by atoms with Crippen molar-refractivity contribution in [1.82, 2.24) is 15.0 Å². The van der Waals surface area contributed by atoms with Crippen molar-refractivity contribution in [3.8, 4) is 23.3 Å². The molecule has 2 saturated heterocycles. The van der Waals surface area contributed by atoms with E-state index in [0.717, 1.165) is 99.9 Å². The highest BCUT2D eigenvalue weighted by Gasteiger charge is 2.37. The summed E-state index contributed by atoms with van der Waals surface area (Å²) in [6.07, 6.45) is 2.38. The summed E-state index contributed by atoms with van der Waals surface area (Å²) in [6.45, 7) is 14.5. The molecule has 11 rings (SSSR count). The molecule has 0 saturated carbocycles. The Hall–Kier alpha value is -8.76. The van der Waals surface area contributed by atoms with Crippen LogP contribution in [-0.4, -0.2) is 106 Å². The Bertz CT molecular complexity index is 3590. The lowest BCUT2D eigenvalue weighted by Crippen LogP contribution is -2.48. The van der Waals surface area contributed by atoms with Gasteiger partial charge in [-0.25, -0.2) is 0 Å². The van der Waals surface area contributed by atoms with Gasteiger partial charge in [-0.1, -0.05) is 92.5 Å². The third kappa shape index (κ3) is 10.1. The number of likely N-dealkylation sites (N-methyl/N-ethyl adjacent to an activating group) is 1. The van der Waals surface area contributed by atoms with Crippen molar-refractivity contribution in [2.75, 3.05) is 103 Å². The Morgan fingerprint density at radius 1 is 0.637 bits per heavy atom. The quantitative estimate of drug-likeness (QED) is 0.112. The summed E-state index contributed by atoms with van der Waals surface area (Å²) < 4.78 is 5.28. The molecule has 2 fully saturated rings. The monoisotopic (exact) mass is 1070 g/mol. The van der Waals surface area contributed by atoms with Crippen LogP contribution in [0.2, 0.25) is 0 Å². The SMILES string of the molecule is CCC(CC)CN(C)c1ccc(N2CCN(C3c4ccc(-c5ccc6c(c5)C(=O)Nc5ccccc5C6N5CCN(c6ccc(N(C)C(=O)Cc7c(C)noc7C)cc6C#N)CC5)cc4NC(=O)c4ccccc43)CC2)c(C#N)c1. The zero-order chi connectivity index (χ0) is 55.8. The van der Waals surface area contributed by atoms with Gasteiger partial charge in [-0.05, 0) is 114 Å². The number of para-hydroxylation sites is 1. The van der Waals surface area contributed by atoms with Crippen molar-refractivity contribution in [1.29, 1.82) is 10.5 Å². The van der Waals surface area contributed by atoms with E-state index in [4.69, 9.17) is 4.52 Å². The molecule has 80 heavy (non-hydrogen) atoms. The van der Waals surface area contributed by atoms with Gasteiger partial charge in [0, 0.05) is 112 Å². The predicted molar refractivity (Wildman–Crippen MR) is 315 cm³/mol. The van der Waals surface area contributed by atoms with Crippen LogP contribution >= 0.6 is 0 Å². The second kappa shape index (κ2) is 22.5. The molecule has 2 atom stereocenters. The number of amides is 3. The average Bonchev–Trinajstić information content (AvgIpc) is 3.80. The van der Waals surface area contributed by atoms with Gasteiger partial charge in [0.05, 0.1) is 46.7 Å². The number of carbonyl (C=O) groups excluding carboxylic acids is 3. The van der Waals surface area contributed by atoms with E-state index >= 15 is 0 Å². The summed E-state index contributed by atoms with van der Waals surface area (Å²) in [5.74, 6) is 0.728. The molecule has 4 aliphatic rings. The van der Waals surface area contributed by atoms with Crippen LogP contribution in [0.4, 0.5) is 34.1 Å². The van der Waals surface area contributed by atoms with Crippen LogP contribution in [0.3, 0.4) is 0 Å². The highest BCUT2D eigenvalue weighted by atomic mass is 16.5. The highest BCUT2D eigenvalue weighted by Crippen LogP contribution is 2.44. The molecular weight excluding hydrogens is 999 g/mol. The number of fused-ring (bicyclic) bond motifs is 4. The van der Waals surface area contributed by atoms with Crippen LogP contribution in [0.25, 0.3) is 11.1 Å². The topological polar surface area (TPSA) is 168 Å². The number of benzene rings is 6. The summed E-state index contributed by atoms with van der Waals surface area (Å²) in [6, 6.07) is 44.6. The lowest BCUT2D eigenvalue weighted by Gasteiger charge is -2.41. The van der Waals surface area contributed by atoms with Crippen molar-refractivity contribution >= 4 is 51.8 Å². The van der Waals surface area contributed by atoms with Crippen molar-refractivity contribution < 1.29 is 18.9 Å². The molecule has 0 aliphatic carbocycles. The molecule has 15 heteroatoms. The molecule has 6 aromatic carbocycles. The normalized spacial score (nSPS) is 17.2. The summed E-state index contributed by atoms with van der Waals surface area (Å²) in [5, 5.41) is 31.3. The number of nitrogens with zero attached hydrogens (tertiary/aromatic N) is 9. The minimum Gasteiger partial charge on any atom is -0.374 e. The van der Waals surface area contributed by atoms with Gasteiger partial charge in [0.15, 0.2) is 0 Å². The second-order valence-electron chi connectivity index (χ2n) is 21.7. The zero-order valence-corrected chi connectivity index (χ0v) is 46.4. The highest BCUT2D eigenvalue weighted by molar-refractivity contribution is 6.09. The molecule has 2 N–H and O–H groups in total. The van der Waals surface area contributed by atoms with Gasteiger partial charge in [0.25, 0.3) is 11.8 Å². The van der Waals surface area contributed by atoms with E-state index in [1.807, 2.05) is 73.7 Å². The van der Waals surface area contributed by atoms with Crippen LogP contribution in [0.15, 0.2) is 126 Å². The van der Waals surface area contributed by atoms with Gasteiger partial charge in [-0.15, -0.1) is 0 Å². The van der Waals surface area contributed by atoms with Crippen molar-refractivity contribution in [3.63, 3.8) is 0 Å². The summed E-state index contributed by atoms with van der Waals surface area (Å²) >= 11 is 0. The number of piperazine rings is 2. The van der Waals surface area contributed by atoms with Gasteiger partial charge >= 0.3 is 0 Å². The largest absolute Gasteiger partial charge is 0.374 e. The maximum Gasteiger partial charge on any atom is 0.256 e. The predicted octanol–water partition coefficient (Wildman–Crippen LogP) is 10.7. The number of aryl methyl sites for hydroxylation is 2. The van der Waals surface area contributed by atoms with E-state index in [1.54, 1.807) is 24.9 Å². The van der Waals surface area contributed by atoms with Gasteiger partial charge in [0.2, 0.25) is 5.91 Å². The van der Waals surface area contributed by atoms with E-state index in [-0.39, 0.29) is 36.2 Å². The number of hydrogen-bond donors (Lipinski definition) is 2. The Balaban J connectivity index is 0.835. The Morgan fingerprint density at radius 2 is 1.16 bits per heavy atom. The number of rotatable bonds is 13. The fourth-order valence-electron chi connectivity index (χ4n) is 12.4. The second-order valence-corrected chi connectivity index (χ2v) is 21.7. The molecule has 2 unspecified atom stereocenters. The van der Waals surface area contributed by atoms with Gasteiger partial charge in [0.1, 0.15) is 17.9 Å². The minimum absolute atomic E-state index is 0.132. The fraction of sp³-hybridized carbons (Fsp3) is 0.323. The number of carbonyl (C=O) groups is 3. The Labute approximate surface area is 468 Å². The molecule has 0 radical (unpaired) electrons. The standard InChI is InChI=1S/C65H67N11O4/c1-7-43(8-2)40-71(5)48-19-23-59(46(33-48)38-66)73-25-29-75(30-26-73)62-50-13-9-10-14-52(50)64(78)69-58-36-45(18-22-54(58)62)44-17-21-51-56(35-44)65(79)68-57-16-12-11-15-53(57)63(51)76-31-27-74(28-32-76)60-24-20-49(34-47(60)39-67)72(6)61(77)37-55-41(3)70-80-42(55)4/h9-24,33-36,43,62-63H,7-8,25-32,37,40H2,1-6H3,(H,68,79)(H,69,78). The molecule has 406 valence electrons. The lowest BCUT2D eigenvalue weighted by atomic mass is 9.89. The summed E-state index contributed by atoms with van der Waals surface area (Å²) in [4.78, 5) is 55.2. The molecule has 5 heterocycles. The molecular formula is C65H67N11O4. The molecule has 4 aliphatic heterocycles. The van der Waals surface area contributed by atoms with Crippen LogP contribution < -0.4 is 30.2 Å². The average molecular weight is 1070 g/mol. The number of anilines is 6. The lowest BCUT2D eigenvalue weighted by molar-refractivity contribution is -0.117. The first-order valence-electron chi connectivity index (χ1n) is 27.9. The number of nitriles is 2. The molecule has 1 aromatic heterocycles. The van der Waals surface area contributed by atoms with Crippen LogP contribution in [0.5, 0.6) is 0 Å². The van der Waals surface area contributed by atoms with Gasteiger partial charge in [-0.2, -0.15) is 10.5 Å². The van der Waals surface area contributed by atoms with E-state index in [9.17, 15) is 24.9 Å². The van der Waals surface area contributed by atoms with E-state index in [1.165, 1.54) is 0 Å². The van der Waals surface area contributed by atoms with Gasteiger partial charge < -0.3 is 34.8 Å². The molecule has 15 nitrogen and oxygen atoms in total. The van der Waals surface area contributed by atoms with Crippen molar-refractivity contribution in [2.24, 2.45) is 5.92 Å². The first-order chi connectivity index (χ1) is 38.8. The summed E-state index contributed by atoms with van der Waals surface area (Å²) in [5.41, 5.74) is 14.3. The Morgan fingerprint density at radius 3 is 1.77 bits per heavy atom. The van der Waals surface area contributed by atoms with Crippen molar-refractivity contribution in [2.45, 2.75) is 59.0 Å². The number of nitrogens with one attached hydrogen (secondary N) is 2. The van der Waals surface area contributed by atoms with Gasteiger partial charge in [-0.3, -0.25) is 24.2 Å². The maximum absolute atomic E-state index is 14.4. The Kier molecular flexibility index (Phi) is 15.0. The summed E-state index contributed by atoms with van der Waals surface area (Å²) in [7, 11) is 3.83. The smallest absolute Gasteiger partial charge is 0.256 e. The number of hydrogen-bond acceptors (Lipinski definition) is 12. The van der Waals surface area contributed by atoms with E-state index in [0.29, 0.717) is 84.6 Å². The molecule has 0 spiro atoms. The third-order valence-electron chi connectivity index (χ3n) is 17.2. The third-order valence-corrected chi connectivity index (χ3v) is 17.2. The van der Waals surface area contributed by atoms with Crippen LogP contribution in [-0.2, 0) is 11.2 Å². The van der Waals surface area contributed by atoms with E-state index in [2.05, 4.69) is 122 Å². The first-order valence-corrected chi connectivity index (χ1v) is 27.9. The molecule has 0 bridgehead atoms.